The van der Waals surface area contributed by atoms with Gasteiger partial charge >= 0.3 is 0 Å². The van der Waals surface area contributed by atoms with Crippen molar-refractivity contribution >= 4 is 22.8 Å². The molecule has 2 aromatic rings. The first-order valence-corrected chi connectivity index (χ1v) is 8.19. The van der Waals surface area contributed by atoms with Crippen LogP contribution in [0.2, 0.25) is 5.02 Å². The Labute approximate surface area is 126 Å². The molecule has 0 bridgehead atoms. The monoisotopic (exact) mass is 306 g/mol. The quantitative estimate of drug-likeness (QED) is 0.796. The molecule has 2 nitrogen and oxygen atoms in total. The molecule has 1 aliphatic heterocycles. The fourth-order valence-corrected chi connectivity index (χ4v) is 4.13. The van der Waals surface area contributed by atoms with Gasteiger partial charge in [-0.05, 0) is 24.6 Å². The van der Waals surface area contributed by atoms with Gasteiger partial charge in [-0.25, -0.2) is 0 Å². The minimum absolute atomic E-state index is 0.596. The van der Waals surface area contributed by atoms with E-state index < -0.39 is 11.2 Å². The van der Waals surface area contributed by atoms with E-state index in [-0.39, 0.29) is 0 Å². The summed E-state index contributed by atoms with van der Waals surface area (Å²) >= 11 is 5.28. The van der Waals surface area contributed by atoms with E-state index in [0.29, 0.717) is 23.8 Å². The van der Waals surface area contributed by atoms with Gasteiger partial charge in [-0.1, -0.05) is 36.7 Å². The molecule has 2 aromatic carbocycles. The van der Waals surface area contributed by atoms with Gasteiger partial charge in [0.05, 0.1) is 11.6 Å². The summed E-state index contributed by atoms with van der Waals surface area (Å²) in [6.07, 6.45) is 1.64. The van der Waals surface area contributed by atoms with Crippen LogP contribution in [0.1, 0.15) is 24.5 Å². The largest absolute Gasteiger partial charge is 0.606 e. The highest BCUT2D eigenvalue weighted by atomic mass is 35.5. The molecule has 3 rings (SSSR count). The van der Waals surface area contributed by atoms with Crippen molar-refractivity contribution in [2.24, 2.45) is 0 Å². The molecule has 1 aliphatic rings. The van der Waals surface area contributed by atoms with Crippen LogP contribution in [0.5, 0.6) is 5.75 Å². The molecule has 0 saturated carbocycles. The summed E-state index contributed by atoms with van der Waals surface area (Å²) < 4.78 is 18.2. The molecular formula is C16H15ClO2S. The van der Waals surface area contributed by atoms with E-state index in [1.165, 1.54) is 0 Å². The Balaban J connectivity index is 2.04. The second kappa shape index (κ2) is 5.68. The van der Waals surface area contributed by atoms with E-state index in [2.05, 4.69) is 6.92 Å². The molecule has 4 heteroatoms. The van der Waals surface area contributed by atoms with E-state index in [9.17, 15) is 4.55 Å². The molecule has 0 aliphatic carbocycles. The SMILES string of the molecule is CCCOc1ccc2c(c1Cl)Cc1ccccc1[S+]2[O-]. The maximum absolute atomic E-state index is 12.6. The molecule has 0 fully saturated rings. The highest BCUT2D eigenvalue weighted by Crippen LogP contribution is 2.41. The van der Waals surface area contributed by atoms with E-state index in [1.54, 1.807) is 0 Å². The number of rotatable bonds is 3. The predicted octanol–water partition coefficient (Wildman–Crippen LogP) is 4.20. The first-order chi connectivity index (χ1) is 9.72. The summed E-state index contributed by atoms with van der Waals surface area (Å²) in [7, 11) is 0. The molecular weight excluding hydrogens is 292 g/mol. The van der Waals surface area contributed by atoms with Gasteiger partial charge in [-0.15, -0.1) is 0 Å². The predicted molar refractivity (Wildman–Crippen MR) is 81.2 cm³/mol. The Bertz CT molecular complexity index is 642. The normalized spacial score (nSPS) is 16.4. The molecule has 1 atom stereocenters. The fourth-order valence-electron chi connectivity index (χ4n) is 2.38. The van der Waals surface area contributed by atoms with Gasteiger partial charge in [-0.2, -0.15) is 0 Å². The number of hydrogen-bond donors (Lipinski definition) is 0. The average molecular weight is 307 g/mol. The number of benzene rings is 2. The summed E-state index contributed by atoms with van der Waals surface area (Å²) in [6, 6.07) is 11.5. The first-order valence-electron chi connectivity index (χ1n) is 6.66. The zero-order valence-corrected chi connectivity index (χ0v) is 12.8. The molecule has 1 heterocycles. The van der Waals surface area contributed by atoms with Crippen LogP contribution in [0, 0.1) is 0 Å². The van der Waals surface area contributed by atoms with Gasteiger partial charge < -0.3 is 9.29 Å². The lowest BCUT2D eigenvalue weighted by Crippen LogP contribution is -2.15. The van der Waals surface area contributed by atoms with E-state index >= 15 is 0 Å². The Morgan fingerprint density at radius 3 is 2.80 bits per heavy atom. The molecule has 20 heavy (non-hydrogen) atoms. The molecule has 0 amide bonds. The molecule has 0 spiro atoms. The molecule has 0 aromatic heterocycles. The van der Waals surface area contributed by atoms with Gasteiger partial charge in [0.2, 0.25) is 0 Å². The van der Waals surface area contributed by atoms with Crippen LogP contribution in [0.3, 0.4) is 0 Å². The maximum atomic E-state index is 12.6. The minimum atomic E-state index is -1.15. The summed E-state index contributed by atoms with van der Waals surface area (Å²) in [4.78, 5) is 1.69. The molecule has 0 N–H and O–H groups in total. The van der Waals surface area contributed by atoms with Crippen molar-refractivity contribution in [3.05, 3.63) is 52.5 Å². The summed E-state index contributed by atoms with van der Waals surface area (Å²) in [5.41, 5.74) is 2.00. The van der Waals surface area contributed by atoms with Gasteiger partial charge in [0.25, 0.3) is 0 Å². The summed E-state index contributed by atoms with van der Waals surface area (Å²) in [5.74, 6) is 0.684. The van der Waals surface area contributed by atoms with Gasteiger partial charge in [-0.3, -0.25) is 0 Å². The number of hydrogen-bond acceptors (Lipinski definition) is 2. The van der Waals surface area contributed by atoms with E-state index in [4.69, 9.17) is 16.3 Å². The van der Waals surface area contributed by atoms with Crippen molar-refractivity contribution in [1.82, 2.24) is 0 Å². The van der Waals surface area contributed by atoms with Crippen LogP contribution < -0.4 is 4.74 Å². The standard InChI is InChI=1S/C16H15ClO2S/c1-2-9-19-13-7-8-15-12(16(13)17)10-11-5-3-4-6-14(11)20(15)18/h3-8H,2,9-10H2,1H3. The van der Waals surface area contributed by atoms with E-state index in [1.807, 2.05) is 36.4 Å². The maximum Gasteiger partial charge on any atom is 0.163 e. The van der Waals surface area contributed by atoms with Crippen LogP contribution in [0.25, 0.3) is 0 Å². The molecule has 0 saturated heterocycles. The Morgan fingerprint density at radius 2 is 2.00 bits per heavy atom. The Kier molecular flexibility index (Phi) is 3.92. The van der Waals surface area contributed by atoms with Crippen LogP contribution in [-0.2, 0) is 17.6 Å². The highest BCUT2D eigenvalue weighted by Gasteiger charge is 2.30. The van der Waals surface area contributed by atoms with Crippen LogP contribution in [0.4, 0.5) is 0 Å². The Hall–Kier alpha value is -1.16. The zero-order chi connectivity index (χ0) is 14.1. The van der Waals surface area contributed by atoms with Crippen molar-refractivity contribution in [2.75, 3.05) is 6.61 Å². The van der Waals surface area contributed by atoms with E-state index in [0.717, 1.165) is 27.3 Å². The van der Waals surface area contributed by atoms with Gasteiger partial charge in [0.15, 0.2) is 9.79 Å². The second-order valence-corrected chi connectivity index (χ2v) is 6.55. The number of fused-ring (bicyclic) bond motifs is 2. The minimum Gasteiger partial charge on any atom is -0.606 e. The molecule has 1 unspecified atom stereocenters. The van der Waals surface area contributed by atoms with Crippen molar-refractivity contribution in [3.8, 4) is 5.75 Å². The topological polar surface area (TPSA) is 32.3 Å². The number of halogens is 1. The average Bonchev–Trinajstić information content (AvgIpc) is 2.48. The summed E-state index contributed by atoms with van der Waals surface area (Å²) in [6.45, 7) is 2.69. The van der Waals surface area contributed by atoms with Gasteiger partial charge in [0.1, 0.15) is 5.75 Å². The highest BCUT2D eigenvalue weighted by molar-refractivity contribution is 7.91. The van der Waals surface area contributed by atoms with Crippen molar-refractivity contribution in [1.29, 1.82) is 0 Å². The van der Waals surface area contributed by atoms with Crippen molar-refractivity contribution < 1.29 is 9.29 Å². The molecule has 104 valence electrons. The fraction of sp³-hybridized carbons (Fsp3) is 0.250. The molecule has 0 radical (unpaired) electrons. The van der Waals surface area contributed by atoms with Crippen LogP contribution in [0.15, 0.2) is 46.2 Å². The second-order valence-electron chi connectivity index (χ2n) is 4.76. The lowest BCUT2D eigenvalue weighted by molar-refractivity contribution is 0.317. The third kappa shape index (κ3) is 2.30. The summed E-state index contributed by atoms with van der Waals surface area (Å²) in [5, 5.41) is 0.596. The van der Waals surface area contributed by atoms with Crippen molar-refractivity contribution in [3.63, 3.8) is 0 Å². The first kappa shape index (κ1) is 13.8. The smallest absolute Gasteiger partial charge is 0.163 e. The lowest BCUT2D eigenvalue weighted by atomic mass is 10.0. The Morgan fingerprint density at radius 1 is 1.20 bits per heavy atom. The zero-order valence-electron chi connectivity index (χ0n) is 11.2. The van der Waals surface area contributed by atoms with Crippen LogP contribution in [-0.4, -0.2) is 11.2 Å². The van der Waals surface area contributed by atoms with Crippen molar-refractivity contribution in [2.45, 2.75) is 29.6 Å². The number of ether oxygens (including phenoxy) is 1. The van der Waals surface area contributed by atoms with Gasteiger partial charge in [0, 0.05) is 28.7 Å². The third-order valence-corrected chi connectivity index (χ3v) is 5.36. The third-order valence-electron chi connectivity index (χ3n) is 3.37. The lowest BCUT2D eigenvalue weighted by Gasteiger charge is -2.23. The van der Waals surface area contributed by atoms with Crippen LogP contribution >= 0.6 is 11.6 Å².